The second-order valence-electron chi connectivity index (χ2n) is 4.97. The van der Waals surface area contributed by atoms with E-state index in [0.717, 1.165) is 23.5 Å². The molecule has 0 amide bonds. The highest BCUT2D eigenvalue weighted by Crippen LogP contribution is 2.32. The van der Waals surface area contributed by atoms with Crippen LogP contribution in [0.25, 0.3) is 0 Å². The molecule has 0 radical (unpaired) electrons. The third-order valence-electron chi connectivity index (χ3n) is 3.89. The molecule has 19 heavy (non-hydrogen) atoms. The van der Waals surface area contributed by atoms with E-state index < -0.39 is 0 Å². The second kappa shape index (κ2) is 6.24. The van der Waals surface area contributed by atoms with Gasteiger partial charge in [-0.1, -0.05) is 25.1 Å². The summed E-state index contributed by atoms with van der Waals surface area (Å²) in [6.45, 7) is 3.15. The van der Waals surface area contributed by atoms with Crippen molar-refractivity contribution in [2.45, 2.75) is 38.6 Å². The average Bonchev–Trinajstić information content (AvgIpc) is 2.93. The van der Waals surface area contributed by atoms with Crippen LogP contribution in [0, 0.1) is 0 Å². The van der Waals surface area contributed by atoms with Gasteiger partial charge in [-0.05, 0) is 31.9 Å². The third-order valence-corrected chi connectivity index (χ3v) is 4.11. The predicted octanol–water partition coefficient (Wildman–Crippen LogP) is 3.10. The Bertz CT molecular complexity index is 455. The summed E-state index contributed by atoms with van der Waals surface area (Å²) in [6, 6.07) is 6.54. The van der Waals surface area contributed by atoms with Gasteiger partial charge in [-0.15, -0.1) is 0 Å². The normalized spacial score (nSPS) is 15.5. The predicted molar refractivity (Wildman–Crippen MR) is 84.2 cm³/mol. The summed E-state index contributed by atoms with van der Waals surface area (Å²) in [7, 11) is 1.69. The van der Waals surface area contributed by atoms with Gasteiger partial charge < -0.3 is 15.4 Å². The van der Waals surface area contributed by atoms with Crippen LogP contribution in [0.15, 0.2) is 18.2 Å². The Morgan fingerprint density at radius 2 is 2.11 bits per heavy atom. The molecule has 1 aliphatic rings. The molecule has 0 bridgehead atoms. The maximum absolute atomic E-state index is 5.86. The Hall–Kier alpha value is -1.29. The number of nitrogens with two attached hydrogens (primary N) is 1. The summed E-state index contributed by atoms with van der Waals surface area (Å²) in [5, 5.41) is 0. The fourth-order valence-corrected chi connectivity index (χ4v) is 3.10. The van der Waals surface area contributed by atoms with Gasteiger partial charge >= 0.3 is 0 Å². The van der Waals surface area contributed by atoms with Crippen LogP contribution in [-0.4, -0.2) is 24.7 Å². The number of benzene rings is 1. The summed E-state index contributed by atoms with van der Waals surface area (Å²) >= 11 is 5.18. The smallest absolute Gasteiger partial charge is 0.120 e. The number of anilines is 1. The van der Waals surface area contributed by atoms with E-state index in [2.05, 4.69) is 17.9 Å². The molecular weight excluding hydrogens is 256 g/mol. The lowest BCUT2D eigenvalue weighted by molar-refractivity contribution is 0.414. The van der Waals surface area contributed by atoms with E-state index in [9.17, 15) is 0 Å². The van der Waals surface area contributed by atoms with Crippen molar-refractivity contribution in [2.75, 3.05) is 18.6 Å². The van der Waals surface area contributed by atoms with Gasteiger partial charge in [-0.25, -0.2) is 0 Å². The maximum Gasteiger partial charge on any atom is 0.120 e. The molecule has 0 unspecified atom stereocenters. The molecule has 1 aromatic rings. The summed E-state index contributed by atoms with van der Waals surface area (Å²) in [5.74, 6) is 0.853. The first kappa shape index (κ1) is 14.1. The number of rotatable bonds is 5. The molecule has 0 aliphatic heterocycles. The zero-order valence-electron chi connectivity index (χ0n) is 11.7. The van der Waals surface area contributed by atoms with Crippen molar-refractivity contribution in [1.29, 1.82) is 0 Å². The minimum atomic E-state index is 0.453. The first-order valence-electron chi connectivity index (χ1n) is 6.91. The standard InChI is InChI=1S/C15H22N2OS/c1-3-17(11-6-4-5-7-11)14-10-12(18-2)8-9-13(14)15(16)19/h8-11H,3-7H2,1-2H3,(H2,16,19). The third kappa shape index (κ3) is 3.00. The van der Waals surface area contributed by atoms with Crippen LogP contribution in [0.2, 0.25) is 0 Å². The molecule has 0 spiro atoms. The Balaban J connectivity index is 2.40. The van der Waals surface area contributed by atoms with Gasteiger partial charge in [0.05, 0.1) is 12.8 Å². The minimum Gasteiger partial charge on any atom is -0.497 e. The molecular formula is C15H22N2OS. The van der Waals surface area contributed by atoms with Crippen molar-refractivity contribution in [3.05, 3.63) is 23.8 Å². The Kier molecular flexibility index (Phi) is 4.64. The van der Waals surface area contributed by atoms with Crippen molar-refractivity contribution in [2.24, 2.45) is 5.73 Å². The van der Waals surface area contributed by atoms with E-state index in [1.54, 1.807) is 7.11 Å². The van der Waals surface area contributed by atoms with E-state index in [0.29, 0.717) is 11.0 Å². The monoisotopic (exact) mass is 278 g/mol. The van der Waals surface area contributed by atoms with Gasteiger partial charge in [-0.2, -0.15) is 0 Å². The fraction of sp³-hybridized carbons (Fsp3) is 0.533. The lowest BCUT2D eigenvalue weighted by Gasteiger charge is -2.32. The molecule has 0 atom stereocenters. The lowest BCUT2D eigenvalue weighted by atomic mass is 10.1. The highest BCUT2D eigenvalue weighted by atomic mass is 32.1. The molecule has 1 saturated carbocycles. The average molecular weight is 278 g/mol. The largest absolute Gasteiger partial charge is 0.497 e. The summed E-state index contributed by atoms with van der Waals surface area (Å²) in [6.07, 6.45) is 5.13. The van der Waals surface area contributed by atoms with Crippen LogP contribution in [-0.2, 0) is 0 Å². The molecule has 0 aromatic heterocycles. The Morgan fingerprint density at radius 1 is 1.42 bits per heavy atom. The molecule has 0 heterocycles. The molecule has 1 aromatic carbocycles. The summed E-state index contributed by atoms with van der Waals surface area (Å²) < 4.78 is 5.34. The van der Waals surface area contributed by atoms with Crippen LogP contribution in [0.4, 0.5) is 5.69 Å². The van der Waals surface area contributed by atoms with E-state index in [1.165, 1.54) is 25.7 Å². The van der Waals surface area contributed by atoms with Crippen molar-refractivity contribution in [3.8, 4) is 5.75 Å². The maximum atomic E-state index is 5.86. The van der Waals surface area contributed by atoms with Gasteiger partial charge in [0.2, 0.25) is 0 Å². The van der Waals surface area contributed by atoms with Crippen LogP contribution in [0.5, 0.6) is 5.75 Å². The zero-order chi connectivity index (χ0) is 13.8. The highest BCUT2D eigenvalue weighted by molar-refractivity contribution is 7.80. The molecule has 4 heteroatoms. The van der Waals surface area contributed by atoms with E-state index >= 15 is 0 Å². The highest BCUT2D eigenvalue weighted by Gasteiger charge is 2.24. The Labute approximate surface area is 120 Å². The van der Waals surface area contributed by atoms with Crippen molar-refractivity contribution in [1.82, 2.24) is 0 Å². The quantitative estimate of drug-likeness (QED) is 0.840. The minimum absolute atomic E-state index is 0.453. The molecule has 2 N–H and O–H groups in total. The van der Waals surface area contributed by atoms with Crippen molar-refractivity contribution < 1.29 is 4.74 Å². The van der Waals surface area contributed by atoms with Gasteiger partial charge in [0.15, 0.2) is 0 Å². The topological polar surface area (TPSA) is 38.5 Å². The number of hydrogen-bond donors (Lipinski definition) is 1. The first-order valence-corrected chi connectivity index (χ1v) is 7.32. The van der Waals surface area contributed by atoms with E-state index in [-0.39, 0.29) is 0 Å². The number of hydrogen-bond acceptors (Lipinski definition) is 3. The lowest BCUT2D eigenvalue weighted by Crippen LogP contribution is -2.34. The van der Waals surface area contributed by atoms with Crippen LogP contribution in [0.3, 0.4) is 0 Å². The number of methoxy groups -OCH3 is 1. The SMILES string of the molecule is CCN(c1cc(OC)ccc1C(N)=S)C1CCCC1. The number of nitrogens with zero attached hydrogens (tertiary/aromatic N) is 1. The van der Waals surface area contributed by atoms with E-state index in [1.807, 2.05) is 12.1 Å². The summed E-state index contributed by atoms with van der Waals surface area (Å²) in [5.41, 5.74) is 7.92. The van der Waals surface area contributed by atoms with Crippen LogP contribution in [0.1, 0.15) is 38.2 Å². The fourth-order valence-electron chi connectivity index (χ4n) is 2.93. The first-order chi connectivity index (χ1) is 9.17. The second-order valence-corrected chi connectivity index (χ2v) is 5.41. The molecule has 0 saturated heterocycles. The van der Waals surface area contributed by atoms with Crippen LogP contribution >= 0.6 is 12.2 Å². The molecule has 104 valence electrons. The molecule has 1 aliphatic carbocycles. The molecule has 2 rings (SSSR count). The van der Waals surface area contributed by atoms with Gasteiger partial charge in [0, 0.05) is 24.2 Å². The van der Waals surface area contributed by atoms with Gasteiger partial charge in [0.1, 0.15) is 10.7 Å². The van der Waals surface area contributed by atoms with E-state index in [4.69, 9.17) is 22.7 Å². The molecule has 3 nitrogen and oxygen atoms in total. The summed E-state index contributed by atoms with van der Waals surface area (Å²) in [4.78, 5) is 2.87. The Morgan fingerprint density at radius 3 is 2.63 bits per heavy atom. The zero-order valence-corrected chi connectivity index (χ0v) is 12.5. The molecule has 1 fully saturated rings. The number of thiocarbonyl (C=S) groups is 1. The van der Waals surface area contributed by atoms with Crippen molar-refractivity contribution >= 4 is 22.9 Å². The van der Waals surface area contributed by atoms with Crippen molar-refractivity contribution in [3.63, 3.8) is 0 Å². The van der Waals surface area contributed by atoms with Gasteiger partial charge in [-0.3, -0.25) is 0 Å². The number of ether oxygens (including phenoxy) is 1. The van der Waals surface area contributed by atoms with Gasteiger partial charge in [0.25, 0.3) is 0 Å². The van der Waals surface area contributed by atoms with Crippen LogP contribution < -0.4 is 15.4 Å².